The van der Waals surface area contributed by atoms with E-state index < -0.39 is 17.6 Å². The largest absolute Gasteiger partial charge is 0.416 e. The predicted octanol–water partition coefficient (Wildman–Crippen LogP) is 3.40. The Balaban J connectivity index is 2.78. The fourth-order valence-electron chi connectivity index (χ4n) is 1.98. The Labute approximate surface area is 110 Å². The van der Waals surface area contributed by atoms with Gasteiger partial charge in [0.25, 0.3) is 0 Å². The van der Waals surface area contributed by atoms with E-state index in [9.17, 15) is 18.0 Å². The minimum Gasteiger partial charge on any atom is -0.369 e. The Kier molecular flexibility index (Phi) is 4.97. The molecule has 0 aromatic heterocycles. The van der Waals surface area contributed by atoms with Gasteiger partial charge in [-0.1, -0.05) is 26.0 Å². The molecule has 0 saturated heterocycles. The molecule has 0 heterocycles. The zero-order valence-electron chi connectivity index (χ0n) is 11.0. The van der Waals surface area contributed by atoms with Crippen LogP contribution >= 0.6 is 0 Å². The quantitative estimate of drug-likeness (QED) is 0.878. The minimum absolute atomic E-state index is 0.312. The zero-order valence-corrected chi connectivity index (χ0v) is 11.0. The van der Waals surface area contributed by atoms with E-state index >= 15 is 0 Å². The van der Waals surface area contributed by atoms with E-state index in [0.29, 0.717) is 24.3 Å². The Bertz CT molecular complexity index is 423. The number of halogens is 3. The number of carbonyl (C=O) groups is 1. The van der Waals surface area contributed by atoms with Gasteiger partial charge in [-0.15, -0.1) is 0 Å². The average molecular weight is 273 g/mol. The average Bonchev–Trinajstić information content (AvgIpc) is 2.27. The summed E-state index contributed by atoms with van der Waals surface area (Å²) in [5, 5.41) is 0. The summed E-state index contributed by atoms with van der Waals surface area (Å²) in [6.07, 6.45) is -3.32. The van der Waals surface area contributed by atoms with Gasteiger partial charge in [0, 0.05) is 5.92 Å². The van der Waals surface area contributed by atoms with Crippen molar-refractivity contribution in [3.05, 3.63) is 35.4 Å². The lowest BCUT2D eigenvalue weighted by molar-refractivity contribution is -0.137. The van der Waals surface area contributed by atoms with Gasteiger partial charge in [-0.25, -0.2) is 0 Å². The summed E-state index contributed by atoms with van der Waals surface area (Å²) in [5.41, 5.74) is 5.32. The summed E-state index contributed by atoms with van der Waals surface area (Å²) < 4.78 is 37.2. The van der Waals surface area contributed by atoms with Crippen molar-refractivity contribution in [2.75, 3.05) is 0 Å². The summed E-state index contributed by atoms with van der Waals surface area (Å²) in [7, 11) is 0. The van der Waals surface area contributed by atoms with Crippen LogP contribution < -0.4 is 5.73 Å². The van der Waals surface area contributed by atoms with Crippen molar-refractivity contribution in [2.45, 2.75) is 32.9 Å². The highest BCUT2D eigenvalue weighted by Crippen LogP contribution is 2.29. The first-order valence-corrected chi connectivity index (χ1v) is 6.15. The highest BCUT2D eigenvalue weighted by atomic mass is 19.4. The molecule has 2 N–H and O–H groups in total. The fraction of sp³-hybridized carbons (Fsp3) is 0.500. The first kappa shape index (κ1) is 15.5. The molecule has 0 bridgehead atoms. The fourth-order valence-corrected chi connectivity index (χ4v) is 1.98. The molecular weight excluding hydrogens is 255 g/mol. The molecule has 2 nitrogen and oxygen atoms in total. The number of benzene rings is 1. The number of carbonyl (C=O) groups excluding carboxylic acids is 1. The van der Waals surface area contributed by atoms with Gasteiger partial charge >= 0.3 is 6.18 Å². The van der Waals surface area contributed by atoms with Crippen molar-refractivity contribution < 1.29 is 18.0 Å². The first-order valence-electron chi connectivity index (χ1n) is 6.15. The lowest BCUT2D eigenvalue weighted by atomic mass is 9.90. The van der Waals surface area contributed by atoms with Crippen molar-refractivity contribution in [1.29, 1.82) is 0 Å². The van der Waals surface area contributed by atoms with Crippen LogP contribution in [0.3, 0.4) is 0 Å². The van der Waals surface area contributed by atoms with Gasteiger partial charge in [-0.05, 0) is 36.5 Å². The smallest absolute Gasteiger partial charge is 0.369 e. The topological polar surface area (TPSA) is 43.1 Å². The van der Waals surface area contributed by atoms with Gasteiger partial charge in [-0.3, -0.25) is 4.79 Å². The van der Waals surface area contributed by atoms with Crippen LogP contribution in [0.15, 0.2) is 24.3 Å². The second-order valence-electron chi connectivity index (χ2n) is 5.13. The lowest BCUT2D eigenvalue weighted by Crippen LogP contribution is -2.26. The van der Waals surface area contributed by atoms with Crippen LogP contribution in [0.1, 0.15) is 31.4 Å². The van der Waals surface area contributed by atoms with Gasteiger partial charge in [0.2, 0.25) is 5.91 Å². The van der Waals surface area contributed by atoms with Crippen LogP contribution in [0.4, 0.5) is 13.2 Å². The third-order valence-electron chi connectivity index (χ3n) is 2.92. The van der Waals surface area contributed by atoms with E-state index in [-0.39, 0.29) is 5.92 Å². The van der Waals surface area contributed by atoms with Gasteiger partial charge in [0.15, 0.2) is 0 Å². The minimum atomic E-state index is -4.33. The van der Waals surface area contributed by atoms with Crippen LogP contribution in [-0.2, 0) is 17.4 Å². The van der Waals surface area contributed by atoms with Gasteiger partial charge in [0.05, 0.1) is 5.56 Å². The van der Waals surface area contributed by atoms with Crippen LogP contribution in [0.25, 0.3) is 0 Å². The molecule has 0 fully saturated rings. The zero-order chi connectivity index (χ0) is 14.6. The summed E-state index contributed by atoms with van der Waals surface area (Å²) in [4.78, 5) is 11.3. The number of amides is 1. The second-order valence-corrected chi connectivity index (χ2v) is 5.13. The monoisotopic (exact) mass is 273 g/mol. The molecule has 19 heavy (non-hydrogen) atoms. The van der Waals surface area contributed by atoms with Crippen LogP contribution in [-0.4, -0.2) is 5.91 Å². The molecule has 1 aromatic carbocycles. The molecule has 106 valence electrons. The van der Waals surface area contributed by atoms with Gasteiger partial charge in [-0.2, -0.15) is 13.2 Å². The molecule has 1 atom stereocenters. The Morgan fingerprint density at radius 1 is 1.21 bits per heavy atom. The number of hydrogen-bond donors (Lipinski definition) is 1. The summed E-state index contributed by atoms with van der Waals surface area (Å²) in [5.74, 6) is -0.433. The van der Waals surface area contributed by atoms with E-state index in [4.69, 9.17) is 5.73 Å². The number of alkyl halides is 3. The number of nitrogens with two attached hydrogens (primary N) is 1. The maximum Gasteiger partial charge on any atom is 0.416 e. The molecule has 1 amide bonds. The van der Waals surface area contributed by atoms with Crippen molar-refractivity contribution in [2.24, 2.45) is 17.6 Å². The number of primary amides is 1. The third kappa shape index (κ3) is 4.93. The maximum atomic E-state index is 12.4. The molecule has 1 unspecified atom stereocenters. The van der Waals surface area contributed by atoms with Gasteiger partial charge in [0.1, 0.15) is 0 Å². The molecule has 0 aliphatic rings. The van der Waals surface area contributed by atoms with Crippen molar-refractivity contribution in [3.8, 4) is 0 Å². The molecule has 1 aromatic rings. The summed E-state index contributed by atoms with van der Waals surface area (Å²) in [6.45, 7) is 3.95. The Hall–Kier alpha value is -1.52. The lowest BCUT2D eigenvalue weighted by Gasteiger charge is -2.16. The number of hydrogen-bond acceptors (Lipinski definition) is 1. The molecule has 5 heteroatoms. The molecule has 0 spiro atoms. The predicted molar refractivity (Wildman–Crippen MR) is 67.3 cm³/mol. The van der Waals surface area contributed by atoms with Crippen LogP contribution in [0.5, 0.6) is 0 Å². The van der Waals surface area contributed by atoms with E-state index in [0.717, 1.165) is 12.1 Å². The molecule has 1 rings (SSSR count). The third-order valence-corrected chi connectivity index (χ3v) is 2.92. The summed E-state index contributed by atoms with van der Waals surface area (Å²) >= 11 is 0. The second kappa shape index (κ2) is 6.08. The normalized spacial score (nSPS) is 13.6. The highest BCUT2D eigenvalue weighted by Gasteiger charge is 2.30. The molecule has 0 aliphatic carbocycles. The van der Waals surface area contributed by atoms with E-state index in [1.54, 1.807) is 0 Å². The van der Waals surface area contributed by atoms with Crippen molar-refractivity contribution in [3.63, 3.8) is 0 Å². The maximum absolute atomic E-state index is 12.4. The Morgan fingerprint density at radius 3 is 2.11 bits per heavy atom. The molecular formula is C14H18F3NO. The van der Waals surface area contributed by atoms with Crippen molar-refractivity contribution in [1.82, 2.24) is 0 Å². The van der Waals surface area contributed by atoms with Crippen LogP contribution in [0, 0.1) is 11.8 Å². The summed E-state index contributed by atoms with van der Waals surface area (Å²) in [6, 6.07) is 4.86. The number of rotatable bonds is 5. The Morgan fingerprint density at radius 2 is 1.74 bits per heavy atom. The van der Waals surface area contributed by atoms with Crippen molar-refractivity contribution >= 4 is 5.91 Å². The van der Waals surface area contributed by atoms with Gasteiger partial charge < -0.3 is 5.73 Å². The van der Waals surface area contributed by atoms with E-state index in [1.165, 1.54) is 12.1 Å². The molecule has 0 aliphatic heterocycles. The van der Waals surface area contributed by atoms with E-state index in [1.807, 2.05) is 13.8 Å². The SMILES string of the molecule is CC(C)CC(Cc1ccc(C(F)(F)F)cc1)C(N)=O. The molecule has 0 saturated carbocycles. The first-order chi connectivity index (χ1) is 8.70. The molecule has 0 radical (unpaired) electrons. The van der Waals surface area contributed by atoms with E-state index in [2.05, 4.69) is 0 Å². The highest BCUT2D eigenvalue weighted by molar-refractivity contribution is 5.77. The standard InChI is InChI=1S/C14H18F3NO/c1-9(2)7-11(13(18)19)8-10-3-5-12(6-4-10)14(15,16)17/h3-6,9,11H,7-8H2,1-2H3,(H2,18,19). The van der Waals surface area contributed by atoms with Crippen LogP contribution in [0.2, 0.25) is 0 Å².